The van der Waals surface area contributed by atoms with Gasteiger partial charge in [-0.2, -0.15) is 0 Å². The molecule has 2 N–H and O–H groups in total. The molecule has 0 saturated heterocycles. The van der Waals surface area contributed by atoms with Crippen molar-refractivity contribution in [2.75, 3.05) is 6.54 Å². The van der Waals surface area contributed by atoms with Crippen LogP contribution in [0, 0.1) is 5.41 Å². The standard InChI is InChI=1S/C20H20N2O4/c1-20(2,19(24)25)9-10-21-18(23)14-12-16(17-8-5-11-26-17)22-15-7-4-3-6-13(14)15/h3-8,11-12H,9-10H2,1-2H3,(H,21,23)(H,24,25). The van der Waals surface area contributed by atoms with Gasteiger partial charge in [-0.3, -0.25) is 9.59 Å². The zero-order chi connectivity index (χ0) is 18.7. The van der Waals surface area contributed by atoms with Gasteiger partial charge in [-0.1, -0.05) is 18.2 Å². The van der Waals surface area contributed by atoms with Crippen LogP contribution in [0.1, 0.15) is 30.6 Å². The number of benzene rings is 1. The SMILES string of the molecule is CC(C)(CCNC(=O)c1cc(-c2ccco2)nc2ccccc12)C(=O)O. The molecule has 2 aromatic heterocycles. The van der Waals surface area contributed by atoms with E-state index in [9.17, 15) is 14.7 Å². The molecule has 134 valence electrons. The molecule has 1 amide bonds. The van der Waals surface area contributed by atoms with Crippen molar-refractivity contribution in [3.05, 3.63) is 54.3 Å². The molecule has 3 rings (SSSR count). The lowest BCUT2D eigenvalue weighted by Gasteiger charge is -2.19. The van der Waals surface area contributed by atoms with E-state index in [2.05, 4.69) is 10.3 Å². The number of furan rings is 1. The highest BCUT2D eigenvalue weighted by molar-refractivity contribution is 6.07. The number of aromatic nitrogens is 1. The molecule has 0 atom stereocenters. The number of aliphatic carboxylic acids is 1. The van der Waals surface area contributed by atoms with Crippen molar-refractivity contribution in [2.24, 2.45) is 5.41 Å². The van der Waals surface area contributed by atoms with Crippen molar-refractivity contribution in [2.45, 2.75) is 20.3 Å². The maximum Gasteiger partial charge on any atom is 0.309 e. The first-order valence-electron chi connectivity index (χ1n) is 8.34. The van der Waals surface area contributed by atoms with Gasteiger partial charge in [0.15, 0.2) is 5.76 Å². The van der Waals surface area contributed by atoms with Crippen LogP contribution in [0.25, 0.3) is 22.4 Å². The van der Waals surface area contributed by atoms with Crippen LogP contribution in [0.4, 0.5) is 0 Å². The molecule has 3 aromatic rings. The number of amides is 1. The molecular formula is C20H20N2O4. The molecule has 0 radical (unpaired) electrons. The lowest BCUT2D eigenvalue weighted by atomic mass is 9.89. The second kappa shape index (κ2) is 7.00. The van der Waals surface area contributed by atoms with E-state index in [-0.39, 0.29) is 12.5 Å². The van der Waals surface area contributed by atoms with E-state index in [1.54, 1.807) is 38.3 Å². The van der Waals surface area contributed by atoms with E-state index in [4.69, 9.17) is 4.42 Å². The highest BCUT2D eigenvalue weighted by Crippen LogP contribution is 2.25. The molecule has 6 nitrogen and oxygen atoms in total. The first-order valence-corrected chi connectivity index (χ1v) is 8.34. The smallest absolute Gasteiger partial charge is 0.309 e. The number of nitrogens with one attached hydrogen (secondary N) is 1. The van der Waals surface area contributed by atoms with Gasteiger partial charge >= 0.3 is 5.97 Å². The van der Waals surface area contributed by atoms with Crippen LogP contribution in [0.2, 0.25) is 0 Å². The van der Waals surface area contributed by atoms with Crippen molar-refractivity contribution in [3.8, 4) is 11.5 Å². The number of carboxylic acids is 1. The summed E-state index contributed by atoms with van der Waals surface area (Å²) in [6.45, 7) is 3.54. The minimum atomic E-state index is -0.896. The van der Waals surface area contributed by atoms with Crippen molar-refractivity contribution in [1.29, 1.82) is 0 Å². The predicted molar refractivity (Wildman–Crippen MR) is 97.8 cm³/mol. The topological polar surface area (TPSA) is 92.4 Å². The van der Waals surface area contributed by atoms with Gasteiger partial charge in [0.05, 0.1) is 22.8 Å². The van der Waals surface area contributed by atoms with Gasteiger partial charge < -0.3 is 14.8 Å². The molecule has 2 heterocycles. The molecule has 26 heavy (non-hydrogen) atoms. The van der Waals surface area contributed by atoms with Crippen LogP contribution < -0.4 is 5.32 Å². The third kappa shape index (κ3) is 3.59. The van der Waals surface area contributed by atoms with E-state index in [1.165, 1.54) is 0 Å². The summed E-state index contributed by atoms with van der Waals surface area (Å²) in [5.74, 6) is -0.573. The van der Waals surface area contributed by atoms with Crippen LogP contribution >= 0.6 is 0 Å². The zero-order valence-corrected chi connectivity index (χ0v) is 14.7. The summed E-state index contributed by atoms with van der Waals surface area (Å²) in [6.07, 6.45) is 1.89. The Hall–Kier alpha value is -3.15. The van der Waals surface area contributed by atoms with E-state index in [0.717, 1.165) is 5.39 Å². The molecule has 1 aromatic carbocycles. The van der Waals surface area contributed by atoms with Crippen LogP contribution in [-0.2, 0) is 4.79 Å². The highest BCUT2D eigenvalue weighted by Gasteiger charge is 2.26. The molecule has 0 bridgehead atoms. The van der Waals surface area contributed by atoms with Gasteiger partial charge in [-0.05, 0) is 44.5 Å². The highest BCUT2D eigenvalue weighted by atomic mass is 16.4. The second-order valence-electron chi connectivity index (χ2n) is 6.74. The van der Waals surface area contributed by atoms with Gasteiger partial charge in [0, 0.05) is 11.9 Å². The van der Waals surface area contributed by atoms with E-state index in [0.29, 0.717) is 29.0 Å². The number of rotatable bonds is 6. The van der Waals surface area contributed by atoms with Crippen LogP contribution in [0.5, 0.6) is 0 Å². The first-order chi connectivity index (χ1) is 12.4. The lowest BCUT2D eigenvalue weighted by Crippen LogP contribution is -2.32. The number of pyridine rings is 1. The quantitative estimate of drug-likeness (QED) is 0.705. The van der Waals surface area contributed by atoms with Gasteiger partial charge in [-0.15, -0.1) is 0 Å². The Bertz CT molecular complexity index is 946. The Labute approximate surface area is 150 Å². The average Bonchev–Trinajstić information content (AvgIpc) is 3.15. The van der Waals surface area contributed by atoms with E-state index in [1.807, 2.05) is 24.3 Å². The zero-order valence-electron chi connectivity index (χ0n) is 14.7. The van der Waals surface area contributed by atoms with Gasteiger partial charge in [0.25, 0.3) is 5.91 Å². The van der Waals surface area contributed by atoms with E-state index < -0.39 is 11.4 Å². The lowest BCUT2D eigenvalue weighted by molar-refractivity contribution is -0.147. The van der Waals surface area contributed by atoms with Crippen molar-refractivity contribution in [3.63, 3.8) is 0 Å². The van der Waals surface area contributed by atoms with Crippen molar-refractivity contribution >= 4 is 22.8 Å². The summed E-state index contributed by atoms with van der Waals surface area (Å²) in [7, 11) is 0. The normalized spacial score (nSPS) is 11.5. The van der Waals surface area contributed by atoms with Gasteiger partial charge in [-0.25, -0.2) is 4.98 Å². The monoisotopic (exact) mass is 352 g/mol. The average molecular weight is 352 g/mol. The Kier molecular flexibility index (Phi) is 4.75. The fraction of sp³-hybridized carbons (Fsp3) is 0.250. The third-order valence-electron chi connectivity index (χ3n) is 4.35. The number of para-hydroxylation sites is 1. The van der Waals surface area contributed by atoms with Gasteiger partial charge in [0.1, 0.15) is 5.69 Å². The number of hydrogen-bond acceptors (Lipinski definition) is 4. The largest absolute Gasteiger partial charge is 0.481 e. The van der Waals surface area contributed by atoms with Crippen LogP contribution in [-0.4, -0.2) is 28.5 Å². The van der Waals surface area contributed by atoms with Crippen LogP contribution in [0.3, 0.4) is 0 Å². The minimum Gasteiger partial charge on any atom is -0.481 e. The number of carbonyl (C=O) groups excluding carboxylic acids is 1. The maximum absolute atomic E-state index is 12.7. The second-order valence-corrected chi connectivity index (χ2v) is 6.74. The summed E-state index contributed by atoms with van der Waals surface area (Å²) >= 11 is 0. The summed E-state index contributed by atoms with van der Waals surface area (Å²) in [5.41, 5.74) is 0.852. The molecule has 0 fully saturated rings. The minimum absolute atomic E-state index is 0.266. The Balaban J connectivity index is 1.88. The molecule has 0 aliphatic carbocycles. The summed E-state index contributed by atoms with van der Waals surface area (Å²) < 4.78 is 5.40. The fourth-order valence-electron chi connectivity index (χ4n) is 2.60. The molecule has 0 spiro atoms. The molecule has 0 aliphatic rings. The molecule has 0 unspecified atom stereocenters. The van der Waals surface area contributed by atoms with Gasteiger partial charge in [0.2, 0.25) is 0 Å². The predicted octanol–water partition coefficient (Wildman–Crippen LogP) is 3.73. The molecule has 6 heteroatoms. The summed E-state index contributed by atoms with van der Waals surface area (Å²) in [6, 6.07) is 12.6. The van der Waals surface area contributed by atoms with Crippen molar-refractivity contribution in [1.82, 2.24) is 10.3 Å². The number of nitrogens with zero attached hydrogens (tertiary/aromatic N) is 1. The Morgan fingerprint density at radius 1 is 1.19 bits per heavy atom. The number of carboxylic acid groups (broad SMARTS) is 1. The summed E-state index contributed by atoms with van der Waals surface area (Å²) in [5, 5.41) is 12.7. The third-order valence-corrected chi connectivity index (χ3v) is 4.35. The summed E-state index contributed by atoms with van der Waals surface area (Å²) in [4.78, 5) is 28.5. The number of hydrogen-bond donors (Lipinski definition) is 2. The maximum atomic E-state index is 12.7. The molecule has 0 saturated carbocycles. The Morgan fingerprint density at radius 3 is 2.65 bits per heavy atom. The molecule has 0 aliphatic heterocycles. The van der Waals surface area contributed by atoms with Crippen molar-refractivity contribution < 1.29 is 19.1 Å². The van der Waals surface area contributed by atoms with Crippen LogP contribution in [0.15, 0.2) is 53.1 Å². The number of fused-ring (bicyclic) bond motifs is 1. The fourth-order valence-corrected chi connectivity index (χ4v) is 2.60. The van der Waals surface area contributed by atoms with E-state index >= 15 is 0 Å². The molecular weight excluding hydrogens is 332 g/mol. The number of carbonyl (C=O) groups is 2. The Morgan fingerprint density at radius 2 is 1.96 bits per heavy atom. The first kappa shape index (κ1) is 17.7.